The molecule has 0 aliphatic heterocycles. The van der Waals surface area contributed by atoms with Crippen molar-refractivity contribution in [2.45, 2.75) is 13.3 Å². The van der Waals surface area contributed by atoms with Gasteiger partial charge in [0.2, 0.25) is 0 Å². The monoisotopic (exact) mass is 234 g/mol. The highest BCUT2D eigenvalue weighted by atomic mass is 35.5. The zero-order valence-electron chi connectivity index (χ0n) is 8.83. The normalized spacial score (nSPS) is 10.4. The molecule has 1 N–H and O–H groups in total. The van der Waals surface area contributed by atoms with E-state index in [4.69, 9.17) is 11.6 Å². The molecule has 2 rings (SSSR count). The fourth-order valence-electron chi connectivity index (χ4n) is 1.49. The van der Waals surface area contributed by atoms with E-state index in [0.29, 0.717) is 16.4 Å². The number of hydrogen-bond donors (Lipinski definition) is 1. The van der Waals surface area contributed by atoms with E-state index in [-0.39, 0.29) is 12.2 Å². The number of aromatic nitrogens is 2. The average Bonchev–Trinajstić information content (AvgIpc) is 2.70. The number of nitrogens with zero attached hydrogens (tertiary/aromatic N) is 1. The largest absolute Gasteiger partial charge is 0.348 e. The van der Waals surface area contributed by atoms with Crippen LogP contribution in [0.4, 0.5) is 0 Å². The number of benzene rings is 1. The van der Waals surface area contributed by atoms with Gasteiger partial charge in [0, 0.05) is 18.0 Å². The van der Waals surface area contributed by atoms with Crippen LogP contribution >= 0.6 is 11.6 Å². The van der Waals surface area contributed by atoms with E-state index in [9.17, 15) is 4.79 Å². The summed E-state index contributed by atoms with van der Waals surface area (Å²) in [5, 5.41) is 0.497. The van der Waals surface area contributed by atoms with Gasteiger partial charge in [-0.25, -0.2) is 4.98 Å². The number of H-pyrrole nitrogens is 1. The van der Waals surface area contributed by atoms with Crippen molar-refractivity contribution in [3.8, 4) is 0 Å². The van der Waals surface area contributed by atoms with Crippen LogP contribution in [0.2, 0.25) is 5.02 Å². The number of Topliss-reactive ketones (excluding diaryl/α,β-unsaturated/α-hetero) is 1. The molecule has 1 aromatic heterocycles. The zero-order chi connectivity index (χ0) is 11.5. The maximum absolute atomic E-state index is 11.9. The molecule has 82 valence electrons. The Kier molecular flexibility index (Phi) is 3.06. The maximum atomic E-state index is 11.9. The van der Waals surface area contributed by atoms with Gasteiger partial charge in [0.1, 0.15) is 5.82 Å². The van der Waals surface area contributed by atoms with Gasteiger partial charge in [-0.1, -0.05) is 17.7 Å². The summed E-state index contributed by atoms with van der Waals surface area (Å²) >= 11 is 6.01. The molecule has 1 aromatic carbocycles. The number of hydrogen-bond acceptors (Lipinski definition) is 2. The van der Waals surface area contributed by atoms with Crippen molar-refractivity contribution in [1.29, 1.82) is 0 Å². The molecular weight excluding hydrogens is 224 g/mol. The molecule has 0 spiro atoms. The molecule has 0 saturated carbocycles. The number of rotatable bonds is 3. The van der Waals surface area contributed by atoms with E-state index in [1.165, 1.54) is 0 Å². The van der Waals surface area contributed by atoms with Crippen molar-refractivity contribution >= 4 is 17.4 Å². The van der Waals surface area contributed by atoms with Gasteiger partial charge in [-0.2, -0.15) is 0 Å². The van der Waals surface area contributed by atoms with Crippen LogP contribution in [0, 0.1) is 6.92 Å². The average molecular weight is 235 g/mol. The Labute approximate surface area is 98.5 Å². The molecule has 0 bridgehead atoms. The summed E-state index contributed by atoms with van der Waals surface area (Å²) in [6.45, 7) is 1.94. The third-order valence-corrected chi connectivity index (χ3v) is 2.62. The number of nitrogens with one attached hydrogen (secondary N) is 1. The van der Waals surface area contributed by atoms with Crippen molar-refractivity contribution in [3.05, 3.63) is 52.6 Å². The fraction of sp³-hybridized carbons (Fsp3) is 0.167. The first kappa shape index (κ1) is 10.9. The standard InChI is InChI=1S/C12H11ClN2O/c1-8-2-3-9(10(13)6-8)11(16)7-12-14-4-5-15-12/h2-6H,7H2,1H3,(H,14,15). The lowest BCUT2D eigenvalue weighted by molar-refractivity contribution is 0.0991. The highest BCUT2D eigenvalue weighted by Gasteiger charge is 2.12. The predicted octanol–water partition coefficient (Wildman–Crippen LogP) is 2.80. The highest BCUT2D eigenvalue weighted by Crippen LogP contribution is 2.19. The van der Waals surface area contributed by atoms with Crippen molar-refractivity contribution < 1.29 is 4.79 Å². The van der Waals surface area contributed by atoms with Gasteiger partial charge in [-0.05, 0) is 24.6 Å². The van der Waals surface area contributed by atoms with Crippen molar-refractivity contribution in [2.24, 2.45) is 0 Å². The Hall–Kier alpha value is -1.61. The maximum Gasteiger partial charge on any atom is 0.171 e. The molecule has 0 saturated heterocycles. The molecule has 0 aliphatic carbocycles. The lowest BCUT2D eigenvalue weighted by atomic mass is 10.1. The first-order chi connectivity index (χ1) is 7.66. The summed E-state index contributed by atoms with van der Waals surface area (Å²) < 4.78 is 0. The molecule has 0 radical (unpaired) electrons. The number of aryl methyl sites for hydroxylation is 1. The summed E-state index contributed by atoms with van der Waals surface area (Å²) in [7, 11) is 0. The number of carbonyl (C=O) groups is 1. The van der Waals surface area contributed by atoms with Gasteiger partial charge in [0.25, 0.3) is 0 Å². The molecular formula is C12H11ClN2O. The Morgan fingerprint density at radius 3 is 2.94 bits per heavy atom. The van der Waals surface area contributed by atoms with Crippen LogP contribution in [0.5, 0.6) is 0 Å². The third-order valence-electron chi connectivity index (χ3n) is 2.31. The van der Waals surface area contributed by atoms with Crippen molar-refractivity contribution in [2.75, 3.05) is 0 Å². The van der Waals surface area contributed by atoms with Gasteiger partial charge in [0.05, 0.1) is 11.4 Å². The summed E-state index contributed by atoms with van der Waals surface area (Å²) in [4.78, 5) is 18.8. The Bertz CT molecular complexity index is 506. The van der Waals surface area contributed by atoms with Gasteiger partial charge >= 0.3 is 0 Å². The van der Waals surface area contributed by atoms with Crippen LogP contribution in [0.3, 0.4) is 0 Å². The second-order valence-corrected chi connectivity index (χ2v) is 4.03. The molecule has 0 unspecified atom stereocenters. The quantitative estimate of drug-likeness (QED) is 0.830. The van der Waals surface area contributed by atoms with Gasteiger partial charge in [-0.15, -0.1) is 0 Å². The first-order valence-corrected chi connectivity index (χ1v) is 5.32. The molecule has 0 atom stereocenters. The molecule has 16 heavy (non-hydrogen) atoms. The zero-order valence-corrected chi connectivity index (χ0v) is 9.58. The second-order valence-electron chi connectivity index (χ2n) is 3.62. The number of halogens is 1. The second kappa shape index (κ2) is 4.49. The molecule has 1 heterocycles. The predicted molar refractivity (Wildman–Crippen MR) is 62.8 cm³/mol. The molecule has 0 fully saturated rings. The van der Waals surface area contributed by atoms with Crippen LogP contribution in [0.1, 0.15) is 21.7 Å². The number of ketones is 1. The fourth-order valence-corrected chi connectivity index (χ4v) is 1.83. The topological polar surface area (TPSA) is 45.8 Å². The van der Waals surface area contributed by atoms with E-state index in [2.05, 4.69) is 9.97 Å². The smallest absolute Gasteiger partial charge is 0.171 e. The van der Waals surface area contributed by atoms with Crippen LogP contribution in [0.25, 0.3) is 0 Å². The number of aromatic amines is 1. The van der Waals surface area contributed by atoms with Gasteiger partial charge < -0.3 is 4.98 Å². The SMILES string of the molecule is Cc1ccc(C(=O)Cc2ncc[nH]2)c(Cl)c1. The van der Waals surface area contributed by atoms with Crippen molar-refractivity contribution in [1.82, 2.24) is 9.97 Å². The lowest BCUT2D eigenvalue weighted by Crippen LogP contribution is -2.05. The van der Waals surface area contributed by atoms with E-state index < -0.39 is 0 Å². The summed E-state index contributed by atoms with van der Waals surface area (Å²) in [5.41, 5.74) is 1.59. The van der Waals surface area contributed by atoms with E-state index in [1.54, 1.807) is 24.5 Å². The van der Waals surface area contributed by atoms with Crippen LogP contribution in [-0.4, -0.2) is 15.8 Å². The molecule has 4 heteroatoms. The Morgan fingerprint density at radius 2 is 2.31 bits per heavy atom. The van der Waals surface area contributed by atoms with E-state index in [1.807, 2.05) is 13.0 Å². The minimum absolute atomic E-state index is 0.0278. The third kappa shape index (κ3) is 2.31. The van der Waals surface area contributed by atoms with E-state index >= 15 is 0 Å². The van der Waals surface area contributed by atoms with Gasteiger partial charge in [-0.3, -0.25) is 4.79 Å². The summed E-state index contributed by atoms with van der Waals surface area (Å²) in [6, 6.07) is 5.42. The summed E-state index contributed by atoms with van der Waals surface area (Å²) in [6.07, 6.45) is 3.56. The number of carbonyl (C=O) groups excluding carboxylic acids is 1. The minimum Gasteiger partial charge on any atom is -0.348 e. The molecule has 0 amide bonds. The van der Waals surface area contributed by atoms with Crippen molar-refractivity contribution in [3.63, 3.8) is 0 Å². The Balaban J connectivity index is 2.21. The van der Waals surface area contributed by atoms with Crippen LogP contribution in [0.15, 0.2) is 30.6 Å². The lowest BCUT2D eigenvalue weighted by Gasteiger charge is -2.03. The number of imidazole rings is 1. The van der Waals surface area contributed by atoms with Crippen LogP contribution in [-0.2, 0) is 6.42 Å². The molecule has 3 nitrogen and oxygen atoms in total. The first-order valence-electron chi connectivity index (χ1n) is 4.94. The van der Waals surface area contributed by atoms with Crippen LogP contribution < -0.4 is 0 Å². The molecule has 0 aliphatic rings. The van der Waals surface area contributed by atoms with Gasteiger partial charge in [0.15, 0.2) is 5.78 Å². The summed E-state index contributed by atoms with van der Waals surface area (Å²) in [5.74, 6) is 0.626. The Morgan fingerprint density at radius 1 is 1.50 bits per heavy atom. The molecule has 2 aromatic rings. The minimum atomic E-state index is -0.0278. The van der Waals surface area contributed by atoms with E-state index in [0.717, 1.165) is 5.56 Å². The highest BCUT2D eigenvalue weighted by molar-refractivity contribution is 6.34.